The number of hydrogen-bond acceptors (Lipinski definition) is 3. The second-order valence-electron chi connectivity index (χ2n) is 4.47. The van der Waals surface area contributed by atoms with E-state index in [1.54, 1.807) is 6.26 Å². The molecule has 0 spiro atoms. The van der Waals surface area contributed by atoms with Gasteiger partial charge in [-0.2, -0.15) is 0 Å². The molecule has 100 valence electrons. The maximum Gasteiger partial charge on any atom is 0.220 e. The van der Waals surface area contributed by atoms with E-state index in [4.69, 9.17) is 9.15 Å². The third kappa shape index (κ3) is 3.13. The van der Waals surface area contributed by atoms with E-state index < -0.39 is 0 Å². The summed E-state index contributed by atoms with van der Waals surface area (Å²) in [7, 11) is 0. The molecule has 3 aromatic rings. The summed E-state index contributed by atoms with van der Waals surface area (Å²) in [6.07, 6.45) is 1.66. The van der Waals surface area contributed by atoms with Gasteiger partial charge in [0.05, 0.1) is 6.61 Å². The van der Waals surface area contributed by atoms with Gasteiger partial charge in [-0.25, -0.2) is 4.98 Å². The summed E-state index contributed by atoms with van der Waals surface area (Å²) < 4.78 is 11.0. The van der Waals surface area contributed by atoms with Gasteiger partial charge in [0, 0.05) is 5.56 Å². The number of benzene rings is 2. The highest BCUT2D eigenvalue weighted by Crippen LogP contribution is 2.18. The minimum atomic E-state index is 0.377. The van der Waals surface area contributed by atoms with Crippen molar-refractivity contribution >= 4 is 0 Å². The Morgan fingerprint density at radius 1 is 0.850 bits per heavy atom. The van der Waals surface area contributed by atoms with Gasteiger partial charge >= 0.3 is 0 Å². The zero-order valence-electron chi connectivity index (χ0n) is 11.0. The zero-order valence-corrected chi connectivity index (χ0v) is 11.0. The van der Waals surface area contributed by atoms with E-state index in [9.17, 15) is 0 Å². The van der Waals surface area contributed by atoms with Crippen LogP contribution in [-0.2, 0) is 18.0 Å². The monoisotopic (exact) mass is 265 g/mol. The summed E-state index contributed by atoms with van der Waals surface area (Å²) in [4.78, 5) is 4.42. The van der Waals surface area contributed by atoms with Crippen LogP contribution in [0, 0.1) is 0 Å². The van der Waals surface area contributed by atoms with Gasteiger partial charge in [-0.3, -0.25) is 0 Å². The van der Waals surface area contributed by atoms with Crippen molar-refractivity contribution in [2.45, 2.75) is 13.2 Å². The van der Waals surface area contributed by atoms with Crippen LogP contribution in [0.15, 0.2) is 71.3 Å². The third-order valence-corrected chi connectivity index (χ3v) is 2.96. The van der Waals surface area contributed by atoms with Gasteiger partial charge in [-0.1, -0.05) is 60.7 Å². The molecule has 3 rings (SSSR count). The maximum absolute atomic E-state index is 5.60. The van der Waals surface area contributed by atoms with Crippen LogP contribution in [-0.4, -0.2) is 4.98 Å². The summed E-state index contributed by atoms with van der Waals surface area (Å²) in [5.41, 5.74) is 3.02. The summed E-state index contributed by atoms with van der Waals surface area (Å²) in [5, 5.41) is 0. The normalized spacial score (nSPS) is 10.6. The highest BCUT2D eigenvalue weighted by molar-refractivity contribution is 5.57. The quantitative estimate of drug-likeness (QED) is 0.698. The molecule has 0 fully saturated rings. The number of aromatic nitrogens is 1. The summed E-state index contributed by atoms with van der Waals surface area (Å²) in [6, 6.07) is 20.0. The molecule has 0 unspecified atom stereocenters. The van der Waals surface area contributed by atoms with Gasteiger partial charge in [0.1, 0.15) is 18.6 Å². The minimum Gasteiger partial charge on any atom is -0.446 e. The van der Waals surface area contributed by atoms with Crippen LogP contribution < -0.4 is 0 Å². The van der Waals surface area contributed by atoms with Crippen molar-refractivity contribution in [3.8, 4) is 11.3 Å². The van der Waals surface area contributed by atoms with Crippen LogP contribution in [0.25, 0.3) is 11.3 Å². The molecule has 1 heterocycles. The third-order valence-electron chi connectivity index (χ3n) is 2.96. The second-order valence-corrected chi connectivity index (χ2v) is 4.47. The molecule has 0 saturated carbocycles. The van der Waals surface area contributed by atoms with E-state index in [1.165, 1.54) is 0 Å². The van der Waals surface area contributed by atoms with Crippen molar-refractivity contribution < 1.29 is 9.15 Å². The van der Waals surface area contributed by atoms with Gasteiger partial charge in [-0.15, -0.1) is 0 Å². The number of oxazole rings is 1. The van der Waals surface area contributed by atoms with E-state index in [-0.39, 0.29) is 0 Å². The largest absolute Gasteiger partial charge is 0.446 e. The van der Waals surface area contributed by atoms with Gasteiger partial charge in [0.2, 0.25) is 5.89 Å². The molecular weight excluding hydrogens is 250 g/mol. The number of rotatable bonds is 5. The lowest BCUT2D eigenvalue weighted by atomic mass is 10.2. The van der Waals surface area contributed by atoms with Gasteiger partial charge in [-0.05, 0) is 5.56 Å². The smallest absolute Gasteiger partial charge is 0.220 e. The van der Waals surface area contributed by atoms with Gasteiger partial charge in [0.25, 0.3) is 0 Å². The molecule has 1 aromatic heterocycles. The number of hydrogen-bond donors (Lipinski definition) is 0. The second kappa shape index (κ2) is 6.17. The van der Waals surface area contributed by atoms with Crippen LogP contribution in [0.2, 0.25) is 0 Å². The Morgan fingerprint density at radius 2 is 1.55 bits per heavy atom. The fraction of sp³-hybridized carbons (Fsp3) is 0.118. The molecule has 0 saturated heterocycles. The van der Waals surface area contributed by atoms with Crippen molar-refractivity contribution in [3.05, 3.63) is 78.4 Å². The van der Waals surface area contributed by atoms with Gasteiger partial charge in [0.15, 0.2) is 0 Å². The molecule has 3 heteroatoms. The first kappa shape index (κ1) is 12.6. The molecule has 0 aliphatic heterocycles. The topological polar surface area (TPSA) is 35.3 Å². The Bertz CT molecular complexity index is 647. The fourth-order valence-electron chi connectivity index (χ4n) is 1.95. The molecular formula is C17H15NO2. The highest BCUT2D eigenvalue weighted by atomic mass is 16.5. The van der Waals surface area contributed by atoms with E-state index in [0.717, 1.165) is 16.8 Å². The first-order valence-electron chi connectivity index (χ1n) is 6.53. The zero-order chi connectivity index (χ0) is 13.6. The molecule has 2 aromatic carbocycles. The van der Waals surface area contributed by atoms with Crippen molar-refractivity contribution in [2.24, 2.45) is 0 Å². The Hall–Kier alpha value is -2.39. The maximum atomic E-state index is 5.60. The lowest BCUT2D eigenvalue weighted by molar-refractivity contribution is 0.0895. The van der Waals surface area contributed by atoms with Gasteiger partial charge < -0.3 is 9.15 Å². The Kier molecular flexibility index (Phi) is 3.90. The Balaban J connectivity index is 1.58. The summed E-state index contributed by atoms with van der Waals surface area (Å²) >= 11 is 0. The highest BCUT2D eigenvalue weighted by Gasteiger charge is 2.05. The molecule has 0 atom stereocenters. The Labute approximate surface area is 117 Å². The average molecular weight is 265 g/mol. The van der Waals surface area contributed by atoms with Crippen molar-refractivity contribution in [3.63, 3.8) is 0 Å². The number of nitrogens with zero attached hydrogens (tertiary/aromatic N) is 1. The van der Waals surface area contributed by atoms with E-state index in [0.29, 0.717) is 19.1 Å². The molecule has 0 N–H and O–H groups in total. The number of ether oxygens (including phenoxy) is 1. The van der Waals surface area contributed by atoms with Crippen molar-refractivity contribution in [2.75, 3.05) is 0 Å². The summed E-state index contributed by atoms with van der Waals surface area (Å²) in [6.45, 7) is 0.936. The van der Waals surface area contributed by atoms with E-state index in [1.807, 2.05) is 60.7 Å². The lowest BCUT2D eigenvalue weighted by Gasteiger charge is -2.01. The van der Waals surface area contributed by atoms with E-state index in [2.05, 4.69) is 4.98 Å². The molecule has 3 nitrogen and oxygen atoms in total. The van der Waals surface area contributed by atoms with Crippen LogP contribution in [0.5, 0.6) is 0 Å². The first-order chi connectivity index (χ1) is 9.92. The molecule has 0 aliphatic carbocycles. The van der Waals surface area contributed by atoms with Crippen molar-refractivity contribution in [1.29, 1.82) is 0 Å². The molecule has 0 aliphatic rings. The predicted molar refractivity (Wildman–Crippen MR) is 76.9 cm³/mol. The summed E-state index contributed by atoms with van der Waals surface area (Å²) in [5.74, 6) is 0.597. The minimum absolute atomic E-state index is 0.377. The lowest BCUT2D eigenvalue weighted by Crippen LogP contribution is -1.94. The van der Waals surface area contributed by atoms with Crippen LogP contribution >= 0.6 is 0 Å². The standard InChI is InChI=1S/C17H15NO2/c1-3-7-14(8-4-1)11-19-13-17-18-16(12-20-17)15-9-5-2-6-10-15/h1-10,12H,11,13H2. The molecule has 0 bridgehead atoms. The predicted octanol–water partition coefficient (Wildman–Crippen LogP) is 4.06. The van der Waals surface area contributed by atoms with E-state index >= 15 is 0 Å². The fourth-order valence-corrected chi connectivity index (χ4v) is 1.95. The van der Waals surface area contributed by atoms with Crippen LogP contribution in [0.1, 0.15) is 11.5 Å². The molecule has 20 heavy (non-hydrogen) atoms. The average Bonchev–Trinajstić information content (AvgIpc) is 2.98. The van der Waals surface area contributed by atoms with Crippen LogP contribution in [0.3, 0.4) is 0 Å². The Morgan fingerprint density at radius 3 is 2.30 bits per heavy atom. The first-order valence-corrected chi connectivity index (χ1v) is 6.53. The molecule has 0 radical (unpaired) electrons. The molecule has 0 amide bonds. The van der Waals surface area contributed by atoms with Crippen molar-refractivity contribution in [1.82, 2.24) is 4.98 Å². The van der Waals surface area contributed by atoms with Crippen LogP contribution in [0.4, 0.5) is 0 Å². The SMILES string of the molecule is c1ccc(COCc2nc(-c3ccccc3)co2)cc1.